The Kier molecular flexibility index (Phi) is 8.97. The van der Waals surface area contributed by atoms with Crippen molar-refractivity contribution in [1.82, 2.24) is 0 Å². The minimum Gasteiger partial charge on any atom is -0.388 e. The third-order valence-corrected chi connectivity index (χ3v) is 2.58. The summed E-state index contributed by atoms with van der Waals surface area (Å²) in [5, 5.41) is 4.14. The van der Waals surface area contributed by atoms with E-state index in [1.807, 2.05) is 27.7 Å². The van der Waals surface area contributed by atoms with Gasteiger partial charge in [0.15, 0.2) is 0 Å². The first-order valence-corrected chi connectivity index (χ1v) is 6.84. The van der Waals surface area contributed by atoms with E-state index in [0.29, 0.717) is 0 Å². The monoisotopic (exact) mass is 225 g/mol. The van der Waals surface area contributed by atoms with Gasteiger partial charge in [-0.3, -0.25) is 0 Å². The molecule has 2 rings (SSSR count). The topological polar surface area (TPSA) is 21.6 Å². The van der Waals surface area contributed by atoms with E-state index in [0.717, 1.165) is 18.6 Å². The number of allylic oxidation sites excluding steroid dienone is 1. The number of nitrogens with zero attached hydrogens (tertiary/aromatic N) is 1. The van der Waals surface area contributed by atoms with Crippen LogP contribution in [-0.4, -0.2) is 11.8 Å². The van der Waals surface area contributed by atoms with Gasteiger partial charge in [-0.15, -0.1) is 0 Å². The average molecular weight is 225 g/mol. The zero-order valence-corrected chi connectivity index (χ0v) is 11.5. The summed E-state index contributed by atoms with van der Waals surface area (Å²) in [5.74, 6) is 0. The highest BCUT2D eigenvalue weighted by atomic mass is 16.6. The van der Waals surface area contributed by atoms with Gasteiger partial charge in [0.05, 0.1) is 5.71 Å². The van der Waals surface area contributed by atoms with Crippen LogP contribution in [0, 0.1) is 0 Å². The molecule has 1 unspecified atom stereocenters. The molecule has 0 N–H and O–H groups in total. The van der Waals surface area contributed by atoms with Crippen LogP contribution in [-0.2, 0) is 4.84 Å². The van der Waals surface area contributed by atoms with E-state index in [4.69, 9.17) is 4.84 Å². The van der Waals surface area contributed by atoms with Gasteiger partial charge >= 0.3 is 0 Å². The number of hydrogen-bond acceptors (Lipinski definition) is 2. The van der Waals surface area contributed by atoms with Crippen molar-refractivity contribution in [3.63, 3.8) is 0 Å². The first kappa shape index (κ1) is 15.2. The molecule has 0 aromatic heterocycles. The lowest BCUT2D eigenvalue weighted by Gasteiger charge is -2.16. The van der Waals surface area contributed by atoms with E-state index in [1.165, 1.54) is 24.8 Å². The van der Waals surface area contributed by atoms with Gasteiger partial charge in [-0.1, -0.05) is 39.8 Å². The largest absolute Gasteiger partial charge is 0.388 e. The van der Waals surface area contributed by atoms with Crippen LogP contribution in [0.1, 0.15) is 66.7 Å². The molecule has 0 saturated carbocycles. The Bertz CT molecular complexity index is 231. The molecular weight excluding hydrogens is 198 g/mol. The van der Waals surface area contributed by atoms with Crippen LogP contribution in [0.2, 0.25) is 0 Å². The first-order chi connectivity index (χ1) is 7.90. The number of oxime groups is 1. The molecule has 0 spiro atoms. The maximum Gasteiger partial charge on any atom is 0.146 e. The SMILES string of the molecule is CC.CC.CCC1=NOC2C=C1CCCC2. The summed E-state index contributed by atoms with van der Waals surface area (Å²) in [7, 11) is 0. The highest BCUT2D eigenvalue weighted by Crippen LogP contribution is 2.25. The van der Waals surface area contributed by atoms with Crippen molar-refractivity contribution in [3.8, 4) is 0 Å². The Morgan fingerprint density at radius 1 is 1.25 bits per heavy atom. The fourth-order valence-electron chi connectivity index (χ4n) is 1.86. The Hall–Kier alpha value is -0.790. The van der Waals surface area contributed by atoms with Gasteiger partial charge in [0.2, 0.25) is 0 Å². The van der Waals surface area contributed by atoms with E-state index in [2.05, 4.69) is 18.2 Å². The van der Waals surface area contributed by atoms with Crippen LogP contribution in [0.3, 0.4) is 0 Å². The standard InChI is InChI=1S/C10H15NO.2C2H6/c1-2-10-8-5-3-4-6-9(7-8)12-11-10;2*1-2/h7,9H,2-6H2,1H3;2*1-2H3. The van der Waals surface area contributed by atoms with Gasteiger partial charge < -0.3 is 4.84 Å². The maximum absolute atomic E-state index is 5.34. The van der Waals surface area contributed by atoms with Gasteiger partial charge in [0.1, 0.15) is 6.10 Å². The zero-order valence-electron chi connectivity index (χ0n) is 11.5. The Labute approximate surface area is 101 Å². The fraction of sp³-hybridized carbons (Fsp3) is 0.786. The summed E-state index contributed by atoms with van der Waals surface area (Å²) in [5.41, 5.74) is 2.60. The van der Waals surface area contributed by atoms with Gasteiger partial charge in [-0.2, -0.15) is 0 Å². The fourth-order valence-corrected chi connectivity index (χ4v) is 1.86. The molecule has 0 amide bonds. The van der Waals surface area contributed by atoms with Crippen LogP contribution in [0.15, 0.2) is 16.8 Å². The summed E-state index contributed by atoms with van der Waals surface area (Å²) in [6, 6.07) is 0. The quantitative estimate of drug-likeness (QED) is 0.633. The summed E-state index contributed by atoms with van der Waals surface area (Å²) in [6.07, 6.45) is 8.45. The van der Waals surface area contributed by atoms with Gasteiger partial charge in [0.25, 0.3) is 0 Å². The highest BCUT2D eigenvalue weighted by molar-refractivity contribution is 6.00. The molecule has 0 aromatic carbocycles. The number of hydrogen-bond donors (Lipinski definition) is 0. The molecule has 2 nitrogen and oxygen atoms in total. The van der Waals surface area contributed by atoms with E-state index in [1.54, 1.807) is 0 Å². The molecule has 2 aliphatic rings. The second-order valence-electron chi connectivity index (χ2n) is 3.47. The number of fused-ring (bicyclic) bond motifs is 1. The van der Waals surface area contributed by atoms with Crippen molar-refractivity contribution in [2.45, 2.75) is 72.8 Å². The maximum atomic E-state index is 5.34. The molecular formula is C14H27NO. The van der Waals surface area contributed by atoms with Crippen LogP contribution in [0.25, 0.3) is 0 Å². The molecule has 0 fully saturated rings. The molecule has 1 atom stereocenters. The predicted molar refractivity (Wildman–Crippen MR) is 71.8 cm³/mol. The lowest BCUT2D eigenvalue weighted by Crippen LogP contribution is -2.15. The van der Waals surface area contributed by atoms with Crippen molar-refractivity contribution in [1.29, 1.82) is 0 Å². The Balaban J connectivity index is 0.000000509. The smallest absolute Gasteiger partial charge is 0.146 e. The third kappa shape index (κ3) is 4.38. The van der Waals surface area contributed by atoms with Crippen LogP contribution in [0.4, 0.5) is 0 Å². The van der Waals surface area contributed by atoms with E-state index in [9.17, 15) is 0 Å². The van der Waals surface area contributed by atoms with Crippen molar-refractivity contribution in [3.05, 3.63) is 11.6 Å². The van der Waals surface area contributed by atoms with Crippen molar-refractivity contribution in [2.75, 3.05) is 0 Å². The van der Waals surface area contributed by atoms with E-state index in [-0.39, 0.29) is 6.10 Å². The summed E-state index contributed by atoms with van der Waals surface area (Å²) in [6.45, 7) is 10.1. The lowest BCUT2D eigenvalue weighted by atomic mass is 10.0. The van der Waals surface area contributed by atoms with Crippen LogP contribution < -0.4 is 0 Å². The molecule has 0 aromatic rings. The molecule has 1 heterocycles. The molecule has 1 aliphatic carbocycles. The van der Waals surface area contributed by atoms with Crippen LogP contribution >= 0.6 is 0 Å². The summed E-state index contributed by atoms with van der Waals surface area (Å²) < 4.78 is 0. The second kappa shape index (κ2) is 9.44. The molecule has 2 bridgehead atoms. The summed E-state index contributed by atoms with van der Waals surface area (Å²) >= 11 is 0. The van der Waals surface area contributed by atoms with Crippen molar-refractivity contribution >= 4 is 5.71 Å². The summed E-state index contributed by atoms with van der Waals surface area (Å²) in [4.78, 5) is 5.34. The molecule has 2 heteroatoms. The Morgan fingerprint density at radius 2 is 1.94 bits per heavy atom. The highest BCUT2D eigenvalue weighted by Gasteiger charge is 2.19. The molecule has 16 heavy (non-hydrogen) atoms. The Morgan fingerprint density at radius 3 is 2.56 bits per heavy atom. The van der Waals surface area contributed by atoms with Crippen molar-refractivity contribution < 1.29 is 4.84 Å². The lowest BCUT2D eigenvalue weighted by molar-refractivity contribution is 0.0826. The molecule has 94 valence electrons. The van der Waals surface area contributed by atoms with Crippen molar-refractivity contribution in [2.24, 2.45) is 5.16 Å². The zero-order chi connectivity index (χ0) is 12.4. The predicted octanol–water partition coefficient (Wildman–Crippen LogP) is 4.70. The minimum atomic E-state index is 0.276. The van der Waals surface area contributed by atoms with Crippen LogP contribution in [0.5, 0.6) is 0 Å². The number of rotatable bonds is 1. The molecule has 0 saturated heterocycles. The van der Waals surface area contributed by atoms with Gasteiger partial charge in [0, 0.05) is 0 Å². The third-order valence-electron chi connectivity index (χ3n) is 2.58. The van der Waals surface area contributed by atoms with E-state index >= 15 is 0 Å². The minimum absolute atomic E-state index is 0.276. The van der Waals surface area contributed by atoms with Gasteiger partial charge in [-0.05, 0) is 43.8 Å². The van der Waals surface area contributed by atoms with Gasteiger partial charge in [-0.25, -0.2) is 0 Å². The second-order valence-corrected chi connectivity index (χ2v) is 3.47. The van der Waals surface area contributed by atoms with E-state index < -0.39 is 0 Å². The normalized spacial score (nSPS) is 21.9. The first-order valence-electron chi connectivity index (χ1n) is 6.84. The average Bonchev–Trinajstić information content (AvgIpc) is 2.57. The molecule has 0 radical (unpaired) electrons. The molecule has 1 aliphatic heterocycles.